The van der Waals surface area contributed by atoms with E-state index in [-0.39, 0.29) is 12.5 Å². The molecule has 0 radical (unpaired) electrons. The minimum absolute atomic E-state index is 0.229. The van der Waals surface area contributed by atoms with Crippen LogP contribution in [0.4, 0.5) is 10.5 Å². The number of nitrogens with one attached hydrogen (secondary N) is 2. The van der Waals surface area contributed by atoms with Crippen molar-refractivity contribution in [3.05, 3.63) is 64.1 Å². The molecule has 28 heavy (non-hydrogen) atoms. The minimum Gasteiger partial charge on any atom is -0.324 e. The van der Waals surface area contributed by atoms with Crippen LogP contribution >= 0.6 is 15.9 Å². The van der Waals surface area contributed by atoms with Crippen LogP contribution in [0.1, 0.15) is 37.8 Å². The third-order valence-corrected chi connectivity index (χ3v) is 5.54. The van der Waals surface area contributed by atoms with Gasteiger partial charge in [-0.05, 0) is 30.5 Å². The number of nitrogens with zero attached hydrogens (tertiary/aromatic N) is 1. The molecule has 3 rings (SSSR count). The average Bonchev–Trinajstić information content (AvgIpc) is 2.86. The van der Waals surface area contributed by atoms with Crippen LogP contribution in [0, 0.1) is 0 Å². The fraction of sp³-hybridized carbons (Fsp3) is 0.286. The summed E-state index contributed by atoms with van der Waals surface area (Å²) in [5.74, 6) is -0.656. The molecule has 6 nitrogen and oxygen atoms in total. The van der Waals surface area contributed by atoms with E-state index in [1.807, 2.05) is 44.2 Å². The van der Waals surface area contributed by atoms with Crippen LogP contribution in [0.3, 0.4) is 0 Å². The lowest BCUT2D eigenvalue weighted by atomic mass is 9.92. The van der Waals surface area contributed by atoms with E-state index in [1.54, 1.807) is 25.1 Å². The summed E-state index contributed by atoms with van der Waals surface area (Å²) in [5.41, 5.74) is 1.09. The van der Waals surface area contributed by atoms with Gasteiger partial charge < -0.3 is 10.6 Å². The molecule has 0 spiro atoms. The lowest BCUT2D eigenvalue weighted by Crippen LogP contribution is -2.42. The van der Waals surface area contributed by atoms with Crippen molar-refractivity contribution in [2.24, 2.45) is 0 Å². The number of anilines is 1. The summed E-state index contributed by atoms with van der Waals surface area (Å²) in [4.78, 5) is 38.9. The van der Waals surface area contributed by atoms with E-state index < -0.39 is 23.4 Å². The number of carbonyl (C=O) groups excluding carboxylic acids is 3. The second kappa shape index (κ2) is 7.75. The van der Waals surface area contributed by atoms with E-state index in [9.17, 15) is 14.4 Å². The molecule has 2 aromatic carbocycles. The number of rotatable bonds is 5. The molecule has 146 valence electrons. The molecule has 0 bridgehead atoms. The van der Waals surface area contributed by atoms with Crippen molar-refractivity contribution < 1.29 is 14.4 Å². The maximum atomic E-state index is 13.0. The summed E-state index contributed by atoms with van der Waals surface area (Å²) in [6, 6.07) is 14.1. The maximum Gasteiger partial charge on any atom is 0.325 e. The Morgan fingerprint density at radius 2 is 1.79 bits per heavy atom. The monoisotopic (exact) mass is 443 g/mol. The zero-order chi connectivity index (χ0) is 20.5. The summed E-state index contributed by atoms with van der Waals surface area (Å²) in [7, 11) is 0. The second-order valence-corrected chi connectivity index (χ2v) is 8.07. The molecule has 0 aromatic heterocycles. The van der Waals surface area contributed by atoms with E-state index in [2.05, 4.69) is 26.6 Å². The summed E-state index contributed by atoms with van der Waals surface area (Å²) in [5, 5.41) is 5.53. The molecule has 4 amide bonds. The first-order valence-corrected chi connectivity index (χ1v) is 9.81. The van der Waals surface area contributed by atoms with Crippen molar-refractivity contribution in [3.8, 4) is 0 Å². The number of para-hydroxylation sites is 1. The number of amides is 4. The molecule has 1 heterocycles. The summed E-state index contributed by atoms with van der Waals surface area (Å²) in [6.45, 7) is 5.35. The topological polar surface area (TPSA) is 78.5 Å². The van der Waals surface area contributed by atoms with Crippen LogP contribution in [0.2, 0.25) is 0 Å². The van der Waals surface area contributed by atoms with Gasteiger partial charge in [0.25, 0.3) is 5.91 Å². The lowest BCUT2D eigenvalue weighted by molar-refractivity contribution is -0.133. The first kappa shape index (κ1) is 20.1. The van der Waals surface area contributed by atoms with Crippen LogP contribution < -0.4 is 10.6 Å². The van der Waals surface area contributed by atoms with Gasteiger partial charge in [-0.25, -0.2) is 4.79 Å². The summed E-state index contributed by atoms with van der Waals surface area (Å²) < 4.78 is 0.711. The highest BCUT2D eigenvalue weighted by Crippen LogP contribution is 2.33. The Bertz CT molecular complexity index is 944. The minimum atomic E-state index is -1.23. The first-order chi connectivity index (χ1) is 13.2. The van der Waals surface area contributed by atoms with Crippen molar-refractivity contribution in [2.45, 2.75) is 32.2 Å². The van der Waals surface area contributed by atoms with E-state index in [1.165, 1.54) is 0 Å². The molecule has 0 aliphatic carbocycles. The Kier molecular flexibility index (Phi) is 5.56. The van der Waals surface area contributed by atoms with Gasteiger partial charge in [0.1, 0.15) is 12.1 Å². The Morgan fingerprint density at radius 3 is 2.46 bits per heavy atom. The van der Waals surface area contributed by atoms with Crippen LogP contribution in [0.15, 0.2) is 53.0 Å². The fourth-order valence-corrected chi connectivity index (χ4v) is 4.02. The zero-order valence-corrected chi connectivity index (χ0v) is 17.5. The standard InChI is InChI=1S/C21H22BrN3O3/c1-13(2)14-8-4-7-11-17(14)23-18(26)12-25-19(27)21(3,24-20(25)28)15-9-5-6-10-16(15)22/h4-11,13H,12H2,1-3H3,(H,23,26)(H,24,28)/t21-/m0/s1. The normalized spacial score (nSPS) is 19.1. The van der Waals surface area contributed by atoms with Gasteiger partial charge in [0.15, 0.2) is 0 Å². The Morgan fingerprint density at radius 1 is 1.14 bits per heavy atom. The van der Waals surface area contributed by atoms with Gasteiger partial charge >= 0.3 is 6.03 Å². The van der Waals surface area contributed by atoms with E-state index >= 15 is 0 Å². The highest BCUT2D eigenvalue weighted by molar-refractivity contribution is 9.10. The average molecular weight is 444 g/mol. The largest absolute Gasteiger partial charge is 0.325 e. The van der Waals surface area contributed by atoms with Crippen molar-refractivity contribution >= 4 is 39.5 Å². The molecule has 1 saturated heterocycles. The van der Waals surface area contributed by atoms with Gasteiger partial charge in [0.05, 0.1) is 0 Å². The number of halogens is 1. The van der Waals surface area contributed by atoms with Crippen molar-refractivity contribution in [3.63, 3.8) is 0 Å². The van der Waals surface area contributed by atoms with Gasteiger partial charge in [0, 0.05) is 15.7 Å². The van der Waals surface area contributed by atoms with Gasteiger partial charge in [-0.1, -0.05) is 66.2 Å². The second-order valence-electron chi connectivity index (χ2n) is 7.22. The molecule has 1 aliphatic rings. The Labute approximate surface area is 172 Å². The van der Waals surface area contributed by atoms with Gasteiger partial charge in [-0.3, -0.25) is 14.5 Å². The SMILES string of the molecule is CC(C)c1ccccc1NC(=O)CN1C(=O)N[C@@](C)(c2ccccc2Br)C1=O. The molecule has 2 aromatic rings. The fourth-order valence-electron chi connectivity index (χ4n) is 3.34. The quantitative estimate of drug-likeness (QED) is 0.685. The van der Waals surface area contributed by atoms with E-state index in [4.69, 9.17) is 0 Å². The highest BCUT2D eigenvalue weighted by Gasteiger charge is 2.50. The van der Waals surface area contributed by atoms with Gasteiger partial charge in [-0.2, -0.15) is 0 Å². The van der Waals surface area contributed by atoms with Crippen LogP contribution in [0.5, 0.6) is 0 Å². The summed E-state index contributed by atoms with van der Waals surface area (Å²) in [6.07, 6.45) is 0. The molecule has 0 saturated carbocycles. The predicted octanol–water partition coefficient (Wildman–Crippen LogP) is 3.98. The number of carbonyl (C=O) groups is 3. The number of hydrogen-bond acceptors (Lipinski definition) is 3. The third-order valence-electron chi connectivity index (χ3n) is 4.85. The van der Waals surface area contributed by atoms with E-state index in [0.29, 0.717) is 15.7 Å². The molecule has 7 heteroatoms. The third kappa shape index (κ3) is 3.67. The van der Waals surface area contributed by atoms with Crippen molar-refractivity contribution in [2.75, 3.05) is 11.9 Å². The lowest BCUT2D eigenvalue weighted by Gasteiger charge is -2.23. The highest BCUT2D eigenvalue weighted by atomic mass is 79.9. The molecule has 1 aliphatic heterocycles. The van der Waals surface area contributed by atoms with E-state index in [0.717, 1.165) is 10.5 Å². The molecular formula is C21H22BrN3O3. The molecule has 2 N–H and O–H groups in total. The number of benzene rings is 2. The van der Waals surface area contributed by atoms with Crippen LogP contribution in [-0.4, -0.2) is 29.3 Å². The Balaban J connectivity index is 1.78. The molecule has 1 atom stereocenters. The van der Waals surface area contributed by atoms with Gasteiger partial charge in [0.2, 0.25) is 5.91 Å². The van der Waals surface area contributed by atoms with Crippen molar-refractivity contribution in [1.82, 2.24) is 10.2 Å². The smallest absolute Gasteiger partial charge is 0.324 e. The number of hydrogen-bond donors (Lipinski definition) is 2. The van der Waals surface area contributed by atoms with Crippen molar-refractivity contribution in [1.29, 1.82) is 0 Å². The number of imide groups is 1. The van der Waals surface area contributed by atoms with Crippen LogP contribution in [-0.2, 0) is 15.1 Å². The zero-order valence-electron chi connectivity index (χ0n) is 16.0. The molecular weight excluding hydrogens is 422 g/mol. The molecule has 1 fully saturated rings. The maximum absolute atomic E-state index is 13.0. The van der Waals surface area contributed by atoms with Crippen LogP contribution in [0.25, 0.3) is 0 Å². The molecule has 0 unspecified atom stereocenters. The summed E-state index contributed by atoms with van der Waals surface area (Å²) >= 11 is 3.42. The Hall–Kier alpha value is -2.67. The predicted molar refractivity (Wildman–Crippen MR) is 111 cm³/mol. The first-order valence-electron chi connectivity index (χ1n) is 9.02. The number of urea groups is 1. The van der Waals surface area contributed by atoms with Gasteiger partial charge in [-0.15, -0.1) is 0 Å².